The van der Waals surface area contributed by atoms with Crippen LogP contribution in [0.4, 0.5) is 5.69 Å². The number of aryl methyl sites for hydroxylation is 2. The Morgan fingerprint density at radius 2 is 2.04 bits per heavy atom. The molecule has 1 aliphatic rings. The summed E-state index contributed by atoms with van der Waals surface area (Å²) >= 11 is 0. The van der Waals surface area contributed by atoms with Crippen LogP contribution in [0.2, 0.25) is 0 Å². The van der Waals surface area contributed by atoms with Gasteiger partial charge in [-0.05, 0) is 37.5 Å². The van der Waals surface area contributed by atoms with Gasteiger partial charge in [-0.3, -0.25) is 14.4 Å². The van der Waals surface area contributed by atoms with Crippen molar-refractivity contribution in [1.82, 2.24) is 5.32 Å². The molecule has 2 amide bonds. The maximum absolute atomic E-state index is 12.2. The third-order valence-corrected chi connectivity index (χ3v) is 3.74. The fourth-order valence-electron chi connectivity index (χ4n) is 2.40. The van der Waals surface area contributed by atoms with Gasteiger partial charge in [0.05, 0.1) is 5.69 Å². The molecule has 0 radical (unpaired) electrons. The molecule has 128 valence electrons. The summed E-state index contributed by atoms with van der Waals surface area (Å²) in [4.78, 5) is 34.8. The van der Waals surface area contributed by atoms with Crippen molar-refractivity contribution in [3.63, 3.8) is 0 Å². The fourth-order valence-corrected chi connectivity index (χ4v) is 2.40. The molecule has 0 atom stereocenters. The average molecular weight is 331 g/mol. The average Bonchev–Trinajstić information content (AvgIpc) is 2.54. The highest BCUT2D eigenvalue weighted by molar-refractivity contribution is 6.40. The number of carboxylic acids is 1. The first kappa shape index (κ1) is 17.7. The summed E-state index contributed by atoms with van der Waals surface area (Å²) in [5.74, 6) is -1.40. The van der Waals surface area contributed by atoms with Crippen LogP contribution in [0.15, 0.2) is 23.3 Å². The van der Waals surface area contributed by atoms with Crippen molar-refractivity contribution in [2.45, 2.75) is 39.5 Å². The molecule has 0 saturated carbocycles. The number of anilines is 1. The summed E-state index contributed by atoms with van der Waals surface area (Å²) in [6.07, 6.45) is 0.855. The Morgan fingerprint density at radius 1 is 1.29 bits per heavy atom. The molecular weight excluding hydrogens is 310 g/mol. The molecule has 0 unspecified atom stereocenters. The van der Waals surface area contributed by atoms with Crippen LogP contribution in [0.3, 0.4) is 0 Å². The van der Waals surface area contributed by atoms with Gasteiger partial charge in [0.1, 0.15) is 5.71 Å². The summed E-state index contributed by atoms with van der Waals surface area (Å²) in [7, 11) is 0. The van der Waals surface area contributed by atoms with Crippen LogP contribution >= 0.6 is 0 Å². The minimum Gasteiger partial charge on any atom is -0.481 e. The van der Waals surface area contributed by atoms with Crippen LogP contribution in [0.5, 0.6) is 0 Å². The minimum absolute atomic E-state index is 0.000145. The van der Waals surface area contributed by atoms with Gasteiger partial charge in [0.2, 0.25) is 5.91 Å². The SMILES string of the molecule is Cc1ccc(C)c(N2N=C(C(=O)NCCCC(=O)O)CCC2=O)c1. The van der Waals surface area contributed by atoms with E-state index < -0.39 is 5.97 Å². The molecule has 0 saturated heterocycles. The first-order chi connectivity index (χ1) is 11.4. The molecule has 1 heterocycles. The zero-order chi connectivity index (χ0) is 17.7. The van der Waals surface area contributed by atoms with Crippen molar-refractivity contribution in [2.75, 3.05) is 11.6 Å². The molecule has 0 aromatic heterocycles. The number of benzene rings is 1. The number of hydrogen-bond acceptors (Lipinski definition) is 4. The van der Waals surface area contributed by atoms with Crippen LogP contribution in [-0.4, -0.2) is 35.1 Å². The second-order valence-corrected chi connectivity index (χ2v) is 5.80. The Kier molecular flexibility index (Phi) is 5.68. The van der Waals surface area contributed by atoms with Gasteiger partial charge in [-0.2, -0.15) is 5.10 Å². The van der Waals surface area contributed by atoms with Gasteiger partial charge < -0.3 is 10.4 Å². The number of amides is 2. The number of nitrogens with zero attached hydrogens (tertiary/aromatic N) is 2. The van der Waals surface area contributed by atoms with E-state index in [-0.39, 0.29) is 43.3 Å². The van der Waals surface area contributed by atoms with Gasteiger partial charge in [-0.15, -0.1) is 0 Å². The molecule has 7 heteroatoms. The molecule has 0 fully saturated rings. The van der Waals surface area contributed by atoms with Crippen LogP contribution in [0, 0.1) is 13.8 Å². The molecule has 0 bridgehead atoms. The smallest absolute Gasteiger partial charge is 0.303 e. The maximum Gasteiger partial charge on any atom is 0.303 e. The summed E-state index contributed by atoms with van der Waals surface area (Å²) in [6, 6.07) is 5.73. The van der Waals surface area contributed by atoms with Crippen molar-refractivity contribution in [3.8, 4) is 0 Å². The number of carbonyl (C=O) groups is 3. The molecule has 2 rings (SSSR count). The largest absolute Gasteiger partial charge is 0.481 e. The van der Waals surface area contributed by atoms with E-state index in [2.05, 4.69) is 10.4 Å². The van der Waals surface area contributed by atoms with E-state index in [1.165, 1.54) is 5.01 Å². The molecule has 2 N–H and O–H groups in total. The highest BCUT2D eigenvalue weighted by Crippen LogP contribution is 2.25. The monoisotopic (exact) mass is 331 g/mol. The zero-order valence-electron chi connectivity index (χ0n) is 13.8. The number of nitrogens with one attached hydrogen (secondary N) is 1. The Labute approximate surface area is 140 Å². The molecule has 1 aliphatic heterocycles. The molecule has 7 nitrogen and oxygen atoms in total. The van der Waals surface area contributed by atoms with Gasteiger partial charge in [-0.25, -0.2) is 5.01 Å². The third kappa shape index (κ3) is 4.41. The van der Waals surface area contributed by atoms with Crippen molar-refractivity contribution in [3.05, 3.63) is 29.3 Å². The van der Waals surface area contributed by atoms with Crippen molar-refractivity contribution < 1.29 is 19.5 Å². The first-order valence-corrected chi connectivity index (χ1v) is 7.86. The predicted molar refractivity (Wildman–Crippen MR) is 90.0 cm³/mol. The van der Waals surface area contributed by atoms with E-state index in [9.17, 15) is 14.4 Å². The number of carboxylic acid groups (broad SMARTS) is 1. The quantitative estimate of drug-likeness (QED) is 0.776. The summed E-state index contributed by atoms with van der Waals surface area (Å²) in [6.45, 7) is 4.08. The highest BCUT2D eigenvalue weighted by Gasteiger charge is 2.26. The van der Waals surface area contributed by atoms with Gasteiger partial charge in [0.15, 0.2) is 0 Å². The Balaban J connectivity index is 2.11. The molecular formula is C17H21N3O4. The highest BCUT2D eigenvalue weighted by atomic mass is 16.4. The Hall–Kier alpha value is -2.70. The van der Waals surface area contributed by atoms with Crippen LogP contribution in [0.25, 0.3) is 0 Å². The van der Waals surface area contributed by atoms with Crippen molar-refractivity contribution >= 4 is 29.2 Å². The van der Waals surface area contributed by atoms with E-state index in [1.807, 2.05) is 32.0 Å². The second kappa shape index (κ2) is 7.72. The topological polar surface area (TPSA) is 99.1 Å². The number of hydrazone groups is 1. The van der Waals surface area contributed by atoms with Crippen LogP contribution in [-0.2, 0) is 14.4 Å². The Morgan fingerprint density at radius 3 is 2.75 bits per heavy atom. The lowest BCUT2D eigenvalue weighted by atomic mass is 10.1. The number of aliphatic carboxylic acids is 1. The second-order valence-electron chi connectivity index (χ2n) is 5.80. The van der Waals surface area contributed by atoms with Gasteiger partial charge in [0, 0.05) is 25.8 Å². The van der Waals surface area contributed by atoms with E-state index in [0.717, 1.165) is 11.1 Å². The minimum atomic E-state index is -0.897. The summed E-state index contributed by atoms with van der Waals surface area (Å²) < 4.78 is 0. The van der Waals surface area contributed by atoms with E-state index in [0.29, 0.717) is 12.1 Å². The normalized spacial score (nSPS) is 14.3. The zero-order valence-corrected chi connectivity index (χ0v) is 13.8. The molecule has 0 aliphatic carbocycles. The van der Waals surface area contributed by atoms with Crippen LogP contribution < -0.4 is 10.3 Å². The van der Waals surface area contributed by atoms with Gasteiger partial charge >= 0.3 is 5.97 Å². The molecule has 0 spiro atoms. The lowest BCUT2D eigenvalue weighted by Crippen LogP contribution is -2.39. The third-order valence-electron chi connectivity index (χ3n) is 3.74. The number of rotatable bonds is 6. The van der Waals surface area contributed by atoms with Crippen molar-refractivity contribution in [1.29, 1.82) is 0 Å². The number of hydrogen-bond donors (Lipinski definition) is 2. The van der Waals surface area contributed by atoms with E-state index >= 15 is 0 Å². The standard InChI is InChI=1S/C17H21N3O4/c1-11-5-6-12(2)14(10-11)20-15(21)8-7-13(19-20)17(24)18-9-3-4-16(22)23/h5-6,10H,3-4,7-9H2,1-2H3,(H,18,24)(H,22,23). The van der Waals surface area contributed by atoms with E-state index in [1.54, 1.807) is 0 Å². The van der Waals surface area contributed by atoms with Gasteiger partial charge in [-0.1, -0.05) is 12.1 Å². The first-order valence-electron chi connectivity index (χ1n) is 7.86. The van der Waals surface area contributed by atoms with E-state index in [4.69, 9.17) is 5.11 Å². The lowest BCUT2D eigenvalue weighted by Gasteiger charge is -2.24. The predicted octanol–water partition coefficient (Wildman–Crippen LogP) is 1.77. The Bertz CT molecular complexity index is 697. The molecule has 24 heavy (non-hydrogen) atoms. The maximum atomic E-state index is 12.2. The lowest BCUT2D eigenvalue weighted by molar-refractivity contribution is -0.137. The van der Waals surface area contributed by atoms with Gasteiger partial charge in [0.25, 0.3) is 5.91 Å². The summed E-state index contributed by atoms with van der Waals surface area (Å²) in [5.41, 5.74) is 2.87. The summed E-state index contributed by atoms with van der Waals surface area (Å²) in [5, 5.41) is 16.7. The number of carbonyl (C=O) groups excluding carboxylic acids is 2. The van der Waals surface area contributed by atoms with Crippen LogP contribution in [0.1, 0.15) is 36.8 Å². The molecule has 1 aromatic rings. The molecule has 1 aromatic carbocycles. The fraction of sp³-hybridized carbons (Fsp3) is 0.412. The van der Waals surface area contributed by atoms with Crippen molar-refractivity contribution in [2.24, 2.45) is 5.10 Å².